The quantitative estimate of drug-likeness (QED) is 0.782. The van der Waals surface area contributed by atoms with E-state index in [2.05, 4.69) is 34.1 Å². The number of pyridine rings is 1. The van der Waals surface area contributed by atoms with Crippen molar-refractivity contribution >= 4 is 30.8 Å². The SMILES string of the molecule is Cl.Cl.O=C1OC[C@H]2CN(Cc3ccc(-c4ccccn4)cc3)C[C@@H]12. The lowest BCUT2D eigenvalue weighted by molar-refractivity contribution is -0.141. The molecule has 0 unspecified atom stereocenters. The molecule has 2 saturated heterocycles. The number of esters is 1. The van der Waals surface area contributed by atoms with E-state index in [-0.39, 0.29) is 36.7 Å². The number of halogens is 2. The number of hydrogen-bond donors (Lipinski definition) is 0. The first-order chi connectivity index (χ1) is 10.8. The van der Waals surface area contributed by atoms with Gasteiger partial charge in [0, 0.05) is 37.3 Å². The highest BCUT2D eigenvalue weighted by Gasteiger charge is 2.43. The number of carbonyl (C=O) groups is 1. The van der Waals surface area contributed by atoms with E-state index in [4.69, 9.17) is 4.74 Å². The van der Waals surface area contributed by atoms with Crippen molar-refractivity contribution in [2.24, 2.45) is 11.8 Å². The summed E-state index contributed by atoms with van der Waals surface area (Å²) >= 11 is 0. The second-order valence-electron chi connectivity index (χ2n) is 6.10. The van der Waals surface area contributed by atoms with Crippen LogP contribution in [0.2, 0.25) is 0 Å². The van der Waals surface area contributed by atoms with Crippen LogP contribution < -0.4 is 0 Å². The summed E-state index contributed by atoms with van der Waals surface area (Å²) in [6.45, 7) is 3.27. The Morgan fingerprint density at radius 2 is 1.88 bits per heavy atom. The molecule has 1 aromatic heterocycles. The molecular weight excluding hydrogens is 347 g/mol. The molecule has 0 N–H and O–H groups in total. The second-order valence-corrected chi connectivity index (χ2v) is 6.10. The molecule has 0 amide bonds. The average Bonchev–Trinajstić information content (AvgIpc) is 3.11. The molecule has 4 rings (SSSR count). The van der Waals surface area contributed by atoms with Crippen LogP contribution in [0.1, 0.15) is 5.56 Å². The number of ether oxygens (including phenoxy) is 1. The van der Waals surface area contributed by atoms with Crippen molar-refractivity contribution in [1.29, 1.82) is 0 Å². The van der Waals surface area contributed by atoms with Crippen LogP contribution in [0.5, 0.6) is 0 Å². The van der Waals surface area contributed by atoms with E-state index in [1.165, 1.54) is 5.56 Å². The molecule has 2 aliphatic rings. The maximum absolute atomic E-state index is 11.6. The first kappa shape index (κ1) is 18.7. The van der Waals surface area contributed by atoms with Gasteiger partial charge in [0.05, 0.1) is 18.2 Å². The van der Waals surface area contributed by atoms with Crippen molar-refractivity contribution in [2.45, 2.75) is 6.54 Å². The smallest absolute Gasteiger partial charge is 0.310 e. The Kier molecular flexibility index (Phi) is 6.21. The topological polar surface area (TPSA) is 42.4 Å². The van der Waals surface area contributed by atoms with Crippen LogP contribution in [0, 0.1) is 11.8 Å². The number of hydrogen-bond acceptors (Lipinski definition) is 4. The fraction of sp³-hybridized carbons (Fsp3) is 0.333. The summed E-state index contributed by atoms with van der Waals surface area (Å²) in [6.07, 6.45) is 1.81. The summed E-state index contributed by atoms with van der Waals surface area (Å²) in [6, 6.07) is 14.5. The van der Waals surface area contributed by atoms with Crippen LogP contribution in [-0.2, 0) is 16.1 Å². The number of rotatable bonds is 3. The summed E-state index contributed by atoms with van der Waals surface area (Å²) in [4.78, 5) is 18.3. The van der Waals surface area contributed by atoms with Crippen LogP contribution in [-0.4, -0.2) is 35.5 Å². The summed E-state index contributed by atoms with van der Waals surface area (Å²) in [5.74, 6) is 0.464. The van der Waals surface area contributed by atoms with Gasteiger partial charge < -0.3 is 4.74 Å². The molecule has 0 radical (unpaired) electrons. The first-order valence-corrected chi connectivity index (χ1v) is 7.69. The Balaban J connectivity index is 0.00000104. The maximum Gasteiger partial charge on any atom is 0.310 e. The number of likely N-dealkylation sites (tertiary alicyclic amines) is 1. The molecule has 6 heteroatoms. The Labute approximate surface area is 154 Å². The molecule has 0 aliphatic carbocycles. The van der Waals surface area contributed by atoms with Gasteiger partial charge in [0.25, 0.3) is 0 Å². The molecule has 2 fully saturated rings. The summed E-state index contributed by atoms with van der Waals surface area (Å²) in [7, 11) is 0. The summed E-state index contributed by atoms with van der Waals surface area (Å²) in [5, 5.41) is 0. The minimum atomic E-state index is -0.0157. The molecule has 0 bridgehead atoms. The molecule has 0 spiro atoms. The summed E-state index contributed by atoms with van der Waals surface area (Å²) in [5.41, 5.74) is 3.40. The lowest BCUT2D eigenvalue weighted by atomic mass is 10.0. The third kappa shape index (κ3) is 3.72. The zero-order valence-corrected chi connectivity index (χ0v) is 14.8. The minimum Gasteiger partial charge on any atom is -0.465 e. The van der Waals surface area contributed by atoms with Crippen LogP contribution in [0.3, 0.4) is 0 Å². The van der Waals surface area contributed by atoms with Gasteiger partial charge in [-0.3, -0.25) is 14.7 Å². The zero-order chi connectivity index (χ0) is 14.9. The Hall–Kier alpha value is -1.62. The molecular formula is C18H20Cl2N2O2. The predicted molar refractivity (Wildman–Crippen MR) is 97.4 cm³/mol. The third-order valence-electron chi connectivity index (χ3n) is 4.58. The van der Waals surface area contributed by atoms with Gasteiger partial charge in [0.2, 0.25) is 0 Å². The fourth-order valence-electron chi connectivity index (χ4n) is 3.39. The number of benzene rings is 1. The third-order valence-corrected chi connectivity index (χ3v) is 4.58. The van der Waals surface area contributed by atoms with Gasteiger partial charge in [0.15, 0.2) is 0 Å². The van der Waals surface area contributed by atoms with E-state index in [1.807, 2.05) is 24.4 Å². The predicted octanol–water partition coefficient (Wildman–Crippen LogP) is 3.20. The highest BCUT2D eigenvalue weighted by Crippen LogP contribution is 2.31. The van der Waals surface area contributed by atoms with E-state index in [9.17, 15) is 4.79 Å². The molecule has 3 heterocycles. The average molecular weight is 367 g/mol. The Morgan fingerprint density at radius 1 is 1.08 bits per heavy atom. The van der Waals surface area contributed by atoms with Crippen LogP contribution >= 0.6 is 24.8 Å². The van der Waals surface area contributed by atoms with Crippen molar-refractivity contribution < 1.29 is 9.53 Å². The zero-order valence-electron chi connectivity index (χ0n) is 13.1. The molecule has 0 saturated carbocycles. The maximum atomic E-state index is 11.6. The number of carbonyl (C=O) groups excluding carboxylic acids is 1. The summed E-state index contributed by atoms with van der Waals surface area (Å²) < 4.78 is 5.11. The van der Waals surface area contributed by atoms with Gasteiger partial charge >= 0.3 is 5.97 Å². The molecule has 2 aliphatic heterocycles. The van der Waals surface area contributed by atoms with E-state index >= 15 is 0 Å². The van der Waals surface area contributed by atoms with Crippen molar-refractivity contribution in [3.8, 4) is 11.3 Å². The number of aromatic nitrogens is 1. The molecule has 24 heavy (non-hydrogen) atoms. The van der Waals surface area contributed by atoms with E-state index in [0.717, 1.165) is 30.9 Å². The van der Waals surface area contributed by atoms with Crippen molar-refractivity contribution in [1.82, 2.24) is 9.88 Å². The van der Waals surface area contributed by atoms with Gasteiger partial charge in [-0.15, -0.1) is 24.8 Å². The lowest BCUT2D eigenvalue weighted by Gasteiger charge is -2.16. The highest BCUT2D eigenvalue weighted by molar-refractivity contribution is 5.85. The van der Waals surface area contributed by atoms with Gasteiger partial charge in [-0.25, -0.2) is 0 Å². The van der Waals surface area contributed by atoms with Gasteiger partial charge in [-0.1, -0.05) is 30.3 Å². The number of fused-ring (bicyclic) bond motifs is 1. The Bertz CT molecular complexity index is 679. The van der Waals surface area contributed by atoms with E-state index < -0.39 is 0 Å². The number of cyclic esters (lactones) is 1. The fourth-order valence-corrected chi connectivity index (χ4v) is 3.39. The van der Waals surface area contributed by atoms with Crippen LogP contribution in [0.15, 0.2) is 48.7 Å². The van der Waals surface area contributed by atoms with Crippen LogP contribution in [0.25, 0.3) is 11.3 Å². The van der Waals surface area contributed by atoms with E-state index in [0.29, 0.717) is 12.5 Å². The number of nitrogens with zero attached hydrogens (tertiary/aromatic N) is 2. The molecule has 2 aromatic rings. The van der Waals surface area contributed by atoms with Crippen molar-refractivity contribution in [3.05, 3.63) is 54.2 Å². The lowest BCUT2D eigenvalue weighted by Crippen LogP contribution is -2.23. The molecule has 2 atom stereocenters. The van der Waals surface area contributed by atoms with Gasteiger partial charge in [0.1, 0.15) is 0 Å². The van der Waals surface area contributed by atoms with Crippen LogP contribution in [0.4, 0.5) is 0 Å². The monoisotopic (exact) mass is 366 g/mol. The van der Waals surface area contributed by atoms with Crippen molar-refractivity contribution in [2.75, 3.05) is 19.7 Å². The van der Waals surface area contributed by atoms with E-state index in [1.54, 1.807) is 0 Å². The van der Waals surface area contributed by atoms with Gasteiger partial charge in [-0.2, -0.15) is 0 Å². The van der Waals surface area contributed by atoms with Crippen molar-refractivity contribution in [3.63, 3.8) is 0 Å². The Morgan fingerprint density at radius 3 is 2.54 bits per heavy atom. The molecule has 1 aromatic carbocycles. The molecule has 128 valence electrons. The van der Waals surface area contributed by atoms with Gasteiger partial charge in [-0.05, 0) is 17.7 Å². The standard InChI is InChI=1S/C18H18N2O2.2ClH/c21-18-16-11-20(10-15(16)12-22-18)9-13-4-6-14(7-5-13)17-3-1-2-8-19-17;;/h1-8,15-16H,9-12H2;2*1H/t15-,16-;;/m1../s1. The first-order valence-electron chi connectivity index (χ1n) is 7.69. The minimum absolute atomic E-state index is 0. The highest BCUT2D eigenvalue weighted by atomic mass is 35.5. The normalized spacial score (nSPS) is 22.2. The second kappa shape index (κ2) is 7.97. The molecule has 4 nitrogen and oxygen atoms in total. The largest absolute Gasteiger partial charge is 0.465 e.